The van der Waals surface area contributed by atoms with Crippen molar-refractivity contribution in [2.24, 2.45) is 0 Å². The van der Waals surface area contributed by atoms with Gasteiger partial charge in [-0.25, -0.2) is 9.59 Å². The summed E-state index contributed by atoms with van der Waals surface area (Å²) < 4.78 is 25.3. The molecule has 0 aliphatic heterocycles. The van der Waals surface area contributed by atoms with E-state index in [1.807, 2.05) is 60.7 Å². The van der Waals surface area contributed by atoms with Crippen molar-refractivity contribution in [2.45, 2.75) is 30.6 Å². The van der Waals surface area contributed by atoms with E-state index in [0.717, 1.165) is 57.7 Å². The highest BCUT2D eigenvalue weighted by atomic mass is 32.2. The number of ether oxygens (including phenoxy) is 5. The van der Waals surface area contributed by atoms with Crippen LogP contribution in [-0.4, -0.2) is 43.0 Å². The molecule has 9 nitrogen and oxygen atoms in total. The summed E-state index contributed by atoms with van der Waals surface area (Å²) in [6.45, 7) is 7.50. The van der Waals surface area contributed by atoms with E-state index in [9.17, 15) is 19.2 Å². The van der Waals surface area contributed by atoms with Crippen molar-refractivity contribution in [3.05, 3.63) is 150 Å². The molecule has 4 aromatic carbocycles. The average molecular weight is 729 g/mol. The van der Waals surface area contributed by atoms with E-state index in [1.165, 1.54) is 0 Å². The monoisotopic (exact) mass is 728 g/mol. The Balaban J connectivity index is 1.19. The van der Waals surface area contributed by atoms with Crippen LogP contribution in [0.4, 0.5) is 4.79 Å². The van der Waals surface area contributed by atoms with E-state index in [0.29, 0.717) is 43.1 Å². The SMILES string of the molecule is C=COC(=O)CCCOC(=O)Oc1ccc(C#Cc2ccc(C#Cc3ccc(C(=O)Sc4ccc(OCCCCOC(=O)C=C)cc4)cc3)cc2)cc1. The van der Waals surface area contributed by atoms with Gasteiger partial charge in [-0.2, -0.15) is 0 Å². The van der Waals surface area contributed by atoms with Gasteiger partial charge < -0.3 is 23.7 Å². The molecule has 0 N–H and O–H groups in total. The minimum absolute atomic E-state index is 0.0201. The first-order valence-electron chi connectivity index (χ1n) is 16.5. The van der Waals surface area contributed by atoms with Crippen LogP contribution < -0.4 is 9.47 Å². The van der Waals surface area contributed by atoms with E-state index in [-0.39, 0.29) is 18.1 Å². The number of hydrogen-bond donors (Lipinski definition) is 0. The van der Waals surface area contributed by atoms with Crippen molar-refractivity contribution >= 4 is 35.0 Å². The normalized spacial score (nSPS) is 9.89. The Morgan fingerprint density at radius 3 is 1.68 bits per heavy atom. The van der Waals surface area contributed by atoms with Gasteiger partial charge >= 0.3 is 18.1 Å². The van der Waals surface area contributed by atoms with Crippen LogP contribution in [0.3, 0.4) is 0 Å². The molecule has 0 amide bonds. The fraction of sp³-hybridized carbons (Fsp3) is 0.163. The van der Waals surface area contributed by atoms with Crippen LogP contribution in [0.5, 0.6) is 11.5 Å². The third kappa shape index (κ3) is 14.7. The van der Waals surface area contributed by atoms with Gasteiger partial charge in [-0.15, -0.1) is 0 Å². The third-order valence-corrected chi connectivity index (χ3v) is 7.90. The number of thioether (sulfide) groups is 1. The summed E-state index contributed by atoms with van der Waals surface area (Å²) in [6, 6.07) is 28.7. The van der Waals surface area contributed by atoms with Crippen molar-refractivity contribution in [1.82, 2.24) is 0 Å². The molecule has 0 bridgehead atoms. The summed E-state index contributed by atoms with van der Waals surface area (Å²) >= 11 is 1.14. The number of unbranched alkanes of at least 4 members (excludes halogenated alkanes) is 1. The molecule has 0 fully saturated rings. The number of benzene rings is 4. The molecule has 0 unspecified atom stereocenters. The van der Waals surface area contributed by atoms with E-state index in [1.54, 1.807) is 36.4 Å². The van der Waals surface area contributed by atoms with Crippen molar-refractivity contribution in [2.75, 3.05) is 19.8 Å². The molecule has 10 heteroatoms. The molecular weight excluding hydrogens is 693 g/mol. The fourth-order valence-corrected chi connectivity index (χ4v) is 5.01. The minimum Gasteiger partial charge on any atom is -0.494 e. The maximum absolute atomic E-state index is 12.8. The van der Waals surface area contributed by atoms with Gasteiger partial charge in [-0.1, -0.05) is 36.8 Å². The summed E-state index contributed by atoms with van der Waals surface area (Å²) in [5.41, 5.74) is 3.70. The Labute approximate surface area is 312 Å². The maximum atomic E-state index is 12.8. The quantitative estimate of drug-likeness (QED) is 0.0173. The minimum atomic E-state index is -0.868. The Morgan fingerprint density at radius 2 is 1.11 bits per heavy atom. The van der Waals surface area contributed by atoms with Gasteiger partial charge in [0.1, 0.15) is 11.5 Å². The lowest BCUT2D eigenvalue weighted by Crippen LogP contribution is -2.12. The molecule has 0 aliphatic rings. The second kappa shape index (κ2) is 21.7. The predicted octanol–water partition coefficient (Wildman–Crippen LogP) is 8.29. The van der Waals surface area contributed by atoms with E-state index in [2.05, 4.69) is 41.6 Å². The molecule has 0 heterocycles. The highest BCUT2D eigenvalue weighted by molar-refractivity contribution is 8.14. The second-order valence-corrected chi connectivity index (χ2v) is 12.0. The van der Waals surface area contributed by atoms with Crippen LogP contribution in [-0.2, 0) is 23.8 Å². The molecule has 4 aromatic rings. The molecule has 0 aliphatic carbocycles. The number of esters is 2. The Bertz CT molecular complexity index is 1990. The Kier molecular flexibility index (Phi) is 16.1. The predicted molar refractivity (Wildman–Crippen MR) is 201 cm³/mol. The Morgan fingerprint density at radius 1 is 0.604 bits per heavy atom. The van der Waals surface area contributed by atoms with Crippen LogP contribution in [0.1, 0.15) is 58.3 Å². The number of carbonyl (C=O) groups is 4. The van der Waals surface area contributed by atoms with Crippen molar-refractivity contribution in [3.63, 3.8) is 0 Å². The first-order chi connectivity index (χ1) is 25.8. The van der Waals surface area contributed by atoms with Crippen molar-refractivity contribution in [3.8, 4) is 35.2 Å². The van der Waals surface area contributed by atoms with E-state index in [4.69, 9.17) is 18.9 Å². The average Bonchev–Trinajstić information content (AvgIpc) is 3.18. The lowest BCUT2D eigenvalue weighted by Gasteiger charge is -2.07. The van der Waals surface area contributed by atoms with Crippen LogP contribution in [0.2, 0.25) is 0 Å². The van der Waals surface area contributed by atoms with Crippen molar-refractivity contribution in [1.29, 1.82) is 0 Å². The first-order valence-corrected chi connectivity index (χ1v) is 17.4. The smallest absolute Gasteiger partial charge is 0.494 e. The zero-order chi connectivity index (χ0) is 37.7. The molecular formula is C43H36O9S. The molecule has 4 rings (SSSR count). The zero-order valence-electron chi connectivity index (χ0n) is 28.8. The molecule has 53 heavy (non-hydrogen) atoms. The summed E-state index contributed by atoms with van der Waals surface area (Å²) in [5, 5.41) is -0.0773. The van der Waals surface area contributed by atoms with Crippen molar-refractivity contribution < 1.29 is 42.9 Å². The molecule has 0 atom stereocenters. The molecule has 0 radical (unpaired) electrons. The number of hydrogen-bond acceptors (Lipinski definition) is 10. The molecule has 0 saturated heterocycles. The van der Waals surface area contributed by atoms with Gasteiger partial charge in [-0.3, -0.25) is 9.59 Å². The van der Waals surface area contributed by atoms with Gasteiger partial charge in [0.05, 0.1) is 26.1 Å². The lowest BCUT2D eigenvalue weighted by atomic mass is 10.1. The van der Waals surface area contributed by atoms with Crippen LogP contribution in [0.25, 0.3) is 0 Å². The summed E-state index contributed by atoms with van der Waals surface area (Å²) in [5.74, 6) is 12.6. The second-order valence-electron chi connectivity index (χ2n) is 10.9. The maximum Gasteiger partial charge on any atom is 0.513 e. The van der Waals surface area contributed by atoms with Gasteiger partial charge in [0.2, 0.25) is 5.12 Å². The highest BCUT2D eigenvalue weighted by Crippen LogP contribution is 2.25. The first kappa shape index (κ1) is 39.3. The van der Waals surface area contributed by atoms with Gasteiger partial charge in [0.15, 0.2) is 0 Å². The summed E-state index contributed by atoms with van der Waals surface area (Å²) in [6.07, 6.45) is 3.16. The lowest BCUT2D eigenvalue weighted by molar-refractivity contribution is -0.139. The third-order valence-electron chi connectivity index (χ3n) is 6.98. The van der Waals surface area contributed by atoms with Crippen LogP contribution in [0.15, 0.2) is 127 Å². The van der Waals surface area contributed by atoms with Crippen LogP contribution in [0, 0.1) is 23.7 Å². The summed E-state index contributed by atoms with van der Waals surface area (Å²) in [4.78, 5) is 47.8. The number of rotatable bonds is 15. The number of carbonyl (C=O) groups excluding carboxylic acids is 4. The van der Waals surface area contributed by atoms with Gasteiger partial charge in [0.25, 0.3) is 0 Å². The van der Waals surface area contributed by atoms with Crippen LogP contribution >= 0.6 is 11.8 Å². The van der Waals surface area contributed by atoms with Gasteiger partial charge in [-0.05, 0) is 128 Å². The zero-order valence-corrected chi connectivity index (χ0v) is 29.7. The highest BCUT2D eigenvalue weighted by Gasteiger charge is 2.09. The molecule has 268 valence electrons. The molecule has 0 spiro atoms. The fourth-order valence-electron chi connectivity index (χ4n) is 4.27. The topological polar surface area (TPSA) is 114 Å². The molecule has 0 saturated carbocycles. The van der Waals surface area contributed by atoms with E-state index >= 15 is 0 Å². The molecule has 0 aromatic heterocycles. The van der Waals surface area contributed by atoms with Gasteiger partial charge in [0, 0.05) is 45.2 Å². The Hall–Kier alpha value is -6.49. The largest absolute Gasteiger partial charge is 0.513 e. The summed E-state index contributed by atoms with van der Waals surface area (Å²) in [7, 11) is 0. The standard InChI is InChI=1S/C43H36O9S/c1-3-40(44)50-30-6-5-29-49-37-25-27-39(28-26-37)53-42(46)36-21-17-34(18-22-36)15-13-32-9-11-33(12-10-32)14-16-35-19-23-38(24-20-35)52-43(47)51-31-7-8-41(45)48-4-2/h3-4,9-12,17-28H,1-2,5-8,29-31H2. The van der Waals surface area contributed by atoms with E-state index < -0.39 is 18.1 Å².